The highest BCUT2D eigenvalue weighted by Crippen LogP contribution is 2.17. The quantitative estimate of drug-likeness (QED) is 0.0723. The number of nitrogens with zero attached hydrogens (tertiary/aromatic N) is 2. The fourth-order valence-corrected chi connectivity index (χ4v) is 5.82. The van der Waals surface area contributed by atoms with Crippen molar-refractivity contribution in [2.24, 2.45) is 23.3 Å². The maximum atomic E-state index is 14.1. The molecule has 2 rings (SSSR count). The van der Waals surface area contributed by atoms with Crippen LogP contribution in [0.3, 0.4) is 0 Å². The molecule has 1 aromatic heterocycles. The number of nitrogens with one attached hydrogen (secondary N) is 5. The minimum absolute atomic E-state index is 0.0527. The van der Waals surface area contributed by atoms with E-state index in [4.69, 9.17) is 11.5 Å². The van der Waals surface area contributed by atoms with Crippen LogP contribution in [0, 0.1) is 11.8 Å². The van der Waals surface area contributed by atoms with E-state index in [1.54, 1.807) is 52.0 Å². The number of aromatic nitrogens is 2. The highest BCUT2D eigenvalue weighted by molar-refractivity contribution is 5.96. The third-order valence-electron chi connectivity index (χ3n) is 8.51. The average molecular weight is 728 g/mol. The zero-order valence-corrected chi connectivity index (χ0v) is 30.9. The second-order valence-corrected chi connectivity index (χ2v) is 13.5. The molecule has 16 heteroatoms. The maximum Gasteiger partial charge on any atom is 0.326 e. The molecule has 16 nitrogen and oxygen atoms in total. The first kappa shape index (κ1) is 43.3. The van der Waals surface area contributed by atoms with Gasteiger partial charge in [-0.25, -0.2) is 9.78 Å². The molecule has 2 aromatic rings. The fraction of sp³-hybridized carbons (Fsp3) is 0.583. The second-order valence-electron chi connectivity index (χ2n) is 13.5. The molecule has 0 saturated heterocycles. The molecule has 5 atom stereocenters. The molecule has 0 saturated carbocycles. The lowest BCUT2D eigenvalue weighted by Gasteiger charge is -2.35. The molecule has 0 aliphatic carbocycles. The van der Waals surface area contributed by atoms with Crippen LogP contribution in [0.1, 0.15) is 71.6 Å². The number of benzene rings is 1. The Labute approximate surface area is 305 Å². The first-order valence-corrected chi connectivity index (χ1v) is 17.9. The third kappa shape index (κ3) is 13.7. The zero-order valence-electron chi connectivity index (χ0n) is 30.9. The van der Waals surface area contributed by atoms with Crippen molar-refractivity contribution in [1.82, 2.24) is 36.1 Å². The van der Waals surface area contributed by atoms with Crippen LogP contribution in [-0.4, -0.2) is 105 Å². The predicted octanol–water partition coefficient (Wildman–Crippen LogP) is 0.226. The van der Waals surface area contributed by atoms with Crippen molar-refractivity contribution in [3.8, 4) is 0 Å². The van der Waals surface area contributed by atoms with E-state index in [0.717, 1.165) is 5.56 Å². The summed E-state index contributed by atoms with van der Waals surface area (Å²) in [6.07, 6.45) is 4.81. The number of carboxylic acid groups (broad SMARTS) is 1. The van der Waals surface area contributed by atoms with Gasteiger partial charge in [0.15, 0.2) is 0 Å². The summed E-state index contributed by atoms with van der Waals surface area (Å²) >= 11 is 0. The SMILES string of the molecule is CCCN(C(=O)[C@H](Cc1ccccc1)NC(=O)[C@@H](NC(=O)[C@H](CCCCN)NC(=O)[C@H](Cc1cnc[nH]1)NC(=O)CN)C(C)C)[C@H](C(=O)O)C(C)C. The van der Waals surface area contributed by atoms with Crippen molar-refractivity contribution >= 4 is 35.5 Å². The number of amides is 5. The van der Waals surface area contributed by atoms with E-state index < -0.39 is 77.6 Å². The van der Waals surface area contributed by atoms with Crippen LogP contribution in [-0.2, 0) is 41.6 Å². The number of unbranched alkanes of at least 4 members (excludes halogenated alkanes) is 1. The Bertz CT molecular complexity index is 1440. The highest BCUT2D eigenvalue weighted by Gasteiger charge is 2.38. The summed E-state index contributed by atoms with van der Waals surface area (Å²) in [6.45, 7) is 8.91. The molecule has 0 bridgehead atoms. The van der Waals surface area contributed by atoms with E-state index in [9.17, 15) is 33.9 Å². The standard InChI is InChI=1S/C36H57N9O7/c1-6-16-45(31(23(4)5)36(51)52)35(50)28(17-24-12-8-7-9-13-24)43-34(49)30(22(2)3)44-32(47)26(14-10-11-15-37)42-33(48)27(41-29(46)19-38)18-25-20-39-21-40-25/h7-9,12-13,20-23,26-28,30-31H,6,10-11,14-19,37-38H2,1-5H3,(H,39,40)(H,41,46)(H,42,48)(H,43,49)(H,44,47)(H,51,52)/t26-,27-,28-,30-,31-/m0/s1. The number of carbonyl (C=O) groups excluding carboxylic acids is 5. The number of hydrogen-bond acceptors (Lipinski definition) is 9. The molecule has 0 fully saturated rings. The monoisotopic (exact) mass is 727 g/mol. The van der Waals surface area contributed by atoms with Gasteiger partial charge in [0.1, 0.15) is 30.2 Å². The van der Waals surface area contributed by atoms with Gasteiger partial charge >= 0.3 is 5.97 Å². The number of H-pyrrole nitrogens is 1. The summed E-state index contributed by atoms with van der Waals surface area (Å²) in [5.74, 6) is -5.06. The number of aliphatic carboxylic acids is 1. The minimum Gasteiger partial charge on any atom is -0.480 e. The van der Waals surface area contributed by atoms with Gasteiger partial charge in [-0.05, 0) is 49.6 Å². The second kappa shape index (κ2) is 22.2. The number of carbonyl (C=O) groups is 6. The van der Waals surface area contributed by atoms with Crippen LogP contribution in [0.25, 0.3) is 0 Å². The summed E-state index contributed by atoms with van der Waals surface area (Å²) < 4.78 is 0. The number of aromatic amines is 1. The first-order chi connectivity index (χ1) is 24.7. The Morgan fingerprint density at radius 1 is 0.827 bits per heavy atom. The summed E-state index contributed by atoms with van der Waals surface area (Å²) in [4.78, 5) is 88.1. The smallest absolute Gasteiger partial charge is 0.326 e. The van der Waals surface area contributed by atoms with Crippen molar-refractivity contribution in [3.05, 3.63) is 54.1 Å². The molecule has 52 heavy (non-hydrogen) atoms. The van der Waals surface area contributed by atoms with E-state index in [1.165, 1.54) is 17.4 Å². The summed E-state index contributed by atoms with van der Waals surface area (Å²) in [7, 11) is 0. The first-order valence-electron chi connectivity index (χ1n) is 17.9. The zero-order chi connectivity index (χ0) is 38.8. The van der Waals surface area contributed by atoms with E-state index in [-0.39, 0.29) is 32.4 Å². The van der Waals surface area contributed by atoms with Gasteiger partial charge in [0.05, 0.1) is 12.9 Å². The molecule has 288 valence electrons. The van der Waals surface area contributed by atoms with Crippen molar-refractivity contribution in [1.29, 1.82) is 0 Å². The van der Waals surface area contributed by atoms with Gasteiger partial charge in [0.2, 0.25) is 29.5 Å². The van der Waals surface area contributed by atoms with Gasteiger partial charge in [-0.1, -0.05) is 65.0 Å². The number of imidazole rings is 1. The lowest BCUT2D eigenvalue weighted by molar-refractivity contribution is -0.153. The van der Waals surface area contributed by atoms with E-state index in [1.807, 2.05) is 13.0 Å². The van der Waals surface area contributed by atoms with Crippen molar-refractivity contribution < 1.29 is 33.9 Å². The molecular weight excluding hydrogens is 670 g/mol. The highest BCUT2D eigenvalue weighted by atomic mass is 16.4. The van der Waals surface area contributed by atoms with Crippen molar-refractivity contribution in [3.63, 3.8) is 0 Å². The van der Waals surface area contributed by atoms with E-state index >= 15 is 0 Å². The minimum atomic E-state index is -1.15. The number of rotatable bonds is 23. The maximum absolute atomic E-state index is 14.1. The molecule has 10 N–H and O–H groups in total. The molecule has 0 aliphatic rings. The van der Waals surface area contributed by atoms with E-state index in [2.05, 4.69) is 31.2 Å². The van der Waals surface area contributed by atoms with Gasteiger partial charge < -0.3 is 47.7 Å². The van der Waals surface area contributed by atoms with Gasteiger partial charge in [-0.15, -0.1) is 0 Å². The topological polar surface area (TPSA) is 255 Å². The number of carboxylic acids is 1. The molecule has 0 spiro atoms. The van der Waals surface area contributed by atoms with Gasteiger partial charge in [0.25, 0.3) is 0 Å². The van der Waals surface area contributed by atoms with Gasteiger partial charge in [0, 0.05) is 31.3 Å². The summed E-state index contributed by atoms with van der Waals surface area (Å²) in [6, 6.07) is 3.45. The Balaban J connectivity index is 2.38. The van der Waals surface area contributed by atoms with Crippen LogP contribution in [0.2, 0.25) is 0 Å². The number of nitrogens with two attached hydrogens (primary N) is 2. The Morgan fingerprint density at radius 2 is 1.48 bits per heavy atom. The molecular formula is C36H57N9O7. The van der Waals surface area contributed by atoms with Crippen LogP contribution in [0.5, 0.6) is 0 Å². The molecule has 5 amide bonds. The average Bonchev–Trinajstić information content (AvgIpc) is 3.62. The molecule has 0 aliphatic heterocycles. The number of hydrogen-bond donors (Lipinski definition) is 8. The van der Waals surface area contributed by atoms with Gasteiger partial charge in [-0.2, -0.15) is 0 Å². The molecule has 1 aromatic carbocycles. The van der Waals surface area contributed by atoms with Crippen LogP contribution >= 0.6 is 0 Å². The van der Waals surface area contributed by atoms with Crippen LogP contribution in [0.15, 0.2) is 42.9 Å². The summed E-state index contributed by atoms with van der Waals surface area (Å²) in [5.41, 5.74) is 12.5. The summed E-state index contributed by atoms with van der Waals surface area (Å²) in [5, 5.41) is 20.9. The molecule has 0 radical (unpaired) electrons. The molecule has 0 unspecified atom stereocenters. The Morgan fingerprint density at radius 3 is 2.02 bits per heavy atom. The fourth-order valence-electron chi connectivity index (χ4n) is 5.82. The Hall–Kier alpha value is -4.83. The van der Waals surface area contributed by atoms with Crippen molar-refractivity contribution in [2.75, 3.05) is 19.6 Å². The Kier molecular flexibility index (Phi) is 18.5. The van der Waals surface area contributed by atoms with Crippen molar-refractivity contribution in [2.45, 2.75) is 103 Å². The largest absolute Gasteiger partial charge is 0.480 e. The predicted molar refractivity (Wildman–Crippen MR) is 195 cm³/mol. The lowest BCUT2D eigenvalue weighted by Crippen LogP contribution is -2.61. The normalized spacial score (nSPS) is 14.1. The molecule has 1 heterocycles. The lowest BCUT2D eigenvalue weighted by atomic mass is 9.97. The van der Waals surface area contributed by atoms with E-state index in [0.29, 0.717) is 31.5 Å². The van der Waals surface area contributed by atoms with Crippen LogP contribution in [0.4, 0.5) is 0 Å². The third-order valence-corrected chi connectivity index (χ3v) is 8.51. The van der Waals surface area contributed by atoms with Gasteiger partial charge in [-0.3, -0.25) is 24.0 Å². The van der Waals surface area contributed by atoms with Crippen LogP contribution < -0.4 is 32.7 Å².